The molecule has 0 aromatic heterocycles. The van der Waals surface area contributed by atoms with Crippen LogP contribution in [0.4, 0.5) is 8.78 Å². The summed E-state index contributed by atoms with van der Waals surface area (Å²) in [6, 6.07) is 2.48. The van der Waals surface area contributed by atoms with Crippen molar-refractivity contribution in [3.8, 4) is 5.75 Å². The molecular weight excluding hydrogens is 192 g/mol. The highest BCUT2D eigenvalue weighted by Gasteiger charge is 2.13. The van der Waals surface area contributed by atoms with Crippen molar-refractivity contribution in [3.63, 3.8) is 0 Å². The number of hydrogen-bond acceptors (Lipinski definition) is 3. The molecule has 0 saturated heterocycles. The fraction of sp³-hybridized carbons (Fsp3) is 0.333. The third-order valence-electron chi connectivity index (χ3n) is 1.74. The number of hydroxylamine groups is 1. The lowest BCUT2D eigenvalue weighted by molar-refractivity contribution is 0.0859. The summed E-state index contributed by atoms with van der Waals surface area (Å²) in [5.41, 5.74) is 3.01. The molecule has 0 radical (unpaired) electrons. The lowest BCUT2D eigenvalue weighted by atomic mass is 10.2. The van der Waals surface area contributed by atoms with Crippen molar-refractivity contribution in [2.45, 2.75) is 6.54 Å². The molecular formula is C9H11F2NO2. The summed E-state index contributed by atoms with van der Waals surface area (Å²) < 4.78 is 30.6. The van der Waals surface area contributed by atoms with E-state index in [0.29, 0.717) is 5.56 Å². The molecule has 1 N–H and O–H groups in total. The largest absolute Gasteiger partial charge is 0.493 e. The van der Waals surface area contributed by atoms with Crippen molar-refractivity contribution < 1.29 is 18.4 Å². The van der Waals surface area contributed by atoms with E-state index in [1.54, 1.807) is 0 Å². The number of methoxy groups -OCH3 is 1. The number of benzene rings is 1. The van der Waals surface area contributed by atoms with Gasteiger partial charge in [-0.15, -0.1) is 0 Å². The first-order valence-electron chi connectivity index (χ1n) is 3.97. The molecule has 0 atom stereocenters. The van der Waals surface area contributed by atoms with Crippen LogP contribution in [0.3, 0.4) is 0 Å². The number of rotatable bonds is 4. The van der Waals surface area contributed by atoms with Crippen LogP contribution in [-0.2, 0) is 11.4 Å². The Morgan fingerprint density at radius 1 is 1.29 bits per heavy atom. The molecule has 0 amide bonds. The van der Waals surface area contributed by atoms with E-state index in [9.17, 15) is 8.78 Å². The van der Waals surface area contributed by atoms with E-state index >= 15 is 0 Å². The molecule has 0 aliphatic carbocycles. The van der Waals surface area contributed by atoms with Gasteiger partial charge in [-0.2, -0.15) is 9.87 Å². The van der Waals surface area contributed by atoms with E-state index < -0.39 is 11.6 Å². The van der Waals surface area contributed by atoms with Gasteiger partial charge in [-0.1, -0.05) is 6.07 Å². The molecule has 0 saturated carbocycles. The van der Waals surface area contributed by atoms with Gasteiger partial charge in [-0.05, 0) is 6.07 Å². The minimum Gasteiger partial charge on any atom is -0.493 e. The lowest BCUT2D eigenvalue weighted by Gasteiger charge is -2.09. The van der Waals surface area contributed by atoms with Gasteiger partial charge in [0, 0.05) is 12.1 Å². The summed E-state index contributed by atoms with van der Waals surface area (Å²) in [7, 11) is 2.72. The first kappa shape index (κ1) is 10.9. The average molecular weight is 203 g/mol. The zero-order chi connectivity index (χ0) is 10.6. The van der Waals surface area contributed by atoms with Gasteiger partial charge in [0.2, 0.25) is 5.82 Å². The Kier molecular flexibility index (Phi) is 3.79. The molecule has 78 valence electrons. The Labute approximate surface area is 80.6 Å². The highest BCUT2D eigenvalue weighted by molar-refractivity contribution is 5.35. The molecule has 0 heterocycles. The Balaban J connectivity index is 2.98. The van der Waals surface area contributed by atoms with E-state index in [0.717, 1.165) is 6.07 Å². The van der Waals surface area contributed by atoms with Crippen LogP contribution in [-0.4, -0.2) is 14.2 Å². The SMILES string of the molecule is CONCc1ccc(F)c(F)c1OC. The van der Waals surface area contributed by atoms with Crippen molar-refractivity contribution in [1.29, 1.82) is 0 Å². The Hall–Kier alpha value is -1.20. The Morgan fingerprint density at radius 3 is 2.57 bits per heavy atom. The van der Waals surface area contributed by atoms with Crippen LogP contribution < -0.4 is 10.2 Å². The second kappa shape index (κ2) is 4.88. The van der Waals surface area contributed by atoms with Gasteiger partial charge < -0.3 is 9.57 Å². The second-order valence-electron chi connectivity index (χ2n) is 2.58. The van der Waals surface area contributed by atoms with Crippen molar-refractivity contribution in [2.24, 2.45) is 0 Å². The van der Waals surface area contributed by atoms with Gasteiger partial charge >= 0.3 is 0 Å². The van der Waals surface area contributed by atoms with Crippen LogP contribution in [0.5, 0.6) is 5.75 Å². The topological polar surface area (TPSA) is 30.5 Å². The molecule has 14 heavy (non-hydrogen) atoms. The predicted molar refractivity (Wildman–Crippen MR) is 46.8 cm³/mol. The number of nitrogens with one attached hydrogen (secondary N) is 1. The highest BCUT2D eigenvalue weighted by atomic mass is 19.2. The van der Waals surface area contributed by atoms with Gasteiger partial charge in [0.15, 0.2) is 11.6 Å². The van der Waals surface area contributed by atoms with Gasteiger partial charge in [0.05, 0.1) is 14.2 Å². The molecule has 0 aliphatic rings. The van der Waals surface area contributed by atoms with Crippen LogP contribution in [0.15, 0.2) is 12.1 Å². The van der Waals surface area contributed by atoms with Crippen molar-refractivity contribution in [1.82, 2.24) is 5.48 Å². The molecule has 0 bridgehead atoms. The van der Waals surface area contributed by atoms with Gasteiger partial charge in [-0.3, -0.25) is 0 Å². The lowest BCUT2D eigenvalue weighted by Crippen LogP contribution is -2.12. The maximum Gasteiger partial charge on any atom is 0.200 e. The van der Waals surface area contributed by atoms with E-state index in [2.05, 4.69) is 10.3 Å². The maximum absolute atomic E-state index is 13.1. The first-order chi connectivity index (χ1) is 6.70. The smallest absolute Gasteiger partial charge is 0.200 e. The molecule has 0 fully saturated rings. The molecule has 0 spiro atoms. The van der Waals surface area contributed by atoms with Gasteiger partial charge in [-0.25, -0.2) is 4.39 Å². The van der Waals surface area contributed by atoms with E-state index in [1.165, 1.54) is 20.3 Å². The van der Waals surface area contributed by atoms with Crippen molar-refractivity contribution in [3.05, 3.63) is 29.3 Å². The van der Waals surface area contributed by atoms with Crippen LogP contribution in [0.1, 0.15) is 5.56 Å². The average Bonchev–Trinajstić information content (AvgIpc) is 2.20. The third-order valence-corrected chi connectivity index (χ3v) is 1.74. The van der Waals surface area contributed by atoms with Gasteiger partial charge in [0.1, 0.15) is 0 Å². The number of hydrogen-bond donors (Lipinski definition) is 1. The molecule has 0 unspecified atom stereocenters. The van der Waals surface area contributed by atoms with E-state index in [4.69, 9.17) is 4.74 Å². The minimum atomic E-state index is -0.983. The number of halogens is 2. The summed E-state index contributed by atoms with van der Waals surface area (Å²) in [6.07, 6.45) is 0. The Morgan fingerprint density at radius 2 is 2.00 bits per heavy atom. The summed E-state index contributed by atoms with van der Waals surface area (Å²) in [5, 5.41) is 0. The molecule has 1 rings (SSSR count). The zero-order valence-electron chi connectivity index (χ0n) is 7.93. The molecule has 3 nitrogen and oxygen atoms in total. The minimum absolute atomic E-state index is 0.102. The summed E-state index contributed by atoms with van der Waals surface area (Å²) in [4.78, 5) is 4.59. The molecule has 1 aromatic carbocycles. The fourth-order valence-corrected chi connectivity index (χ4v) is 1.08. The molecule has 5 heteroatoms. The second-order valence-corrected chi connectivity index (χ2v) is 2.58. The van der Waals surface area contributed by atoms with E-state index in [-0.39, 0.29) is 12.3 Å². The first-order valence-corrected chi connectivity index (χ1v) is 3.97. The van der Waals surface area contributed by atoms with E-state index in [1.807, 2.05) is 0 Å². The van der Waals surface area contributed by atoms with Crippen LogP contribution in [0.25, 0.3) is 0 Å². The summed E-state index contributed by atoms with van der Waals surface area (Å²) >= 11 is 0. The predicted octanol–water partition coefficient (Wildman–Crippen LogP) is 1.62. The monoisotopic (exact) mass is 203 g/mol. The third kappa shape index (κ3) is 2.18. The van der Waals surface area contributed by atoms with Crippen LogP contribution >= 0.6 is 0 Å². The highest BCUT2D eigenvalue weighted by Crippen LogP contribution is 2.24. The van der Waals surface area contributed by atoms with Crippen LogP contribution in [0, 0.1) is 11.6 Å². The van der Waals surface area contributed by atoms with Gasteiger partial charge in [0.25, 0.3) is 0 Å². The standard InChI is InChI=1S/C9H11F2NO2/c1-13-9-6(5-12-14-2)3-4-7(10)8(9)11/h3-4,12H,5H2,1-2H3. The maximum atomic E-state index is 13.1. The zero-order valence-corrected chi connectivity index (χ0v) is 7.93. The molecule has 1 aromatic rings. The molecule has 0 aliphatic heterocycles. The summed E-state index contributed by atoms with van der Waals surface area (Å²) in [5.74, 6) is -2.01. The fourth-order valence-electron chi connectivity index (χ4n) is 1.08. The normalized spacial score (nSPS) is 10.3. The number of ether oxygens (including phenoxy) is 1. The summed E-state index contributed by atoms with van der Waals surface area (Å²) in [6.45, 7) is 0.247. The Bertz CT molecular complexity index is 318. The van der Waals surface area contributed by atoms with Crippen LogP contribution in [0.2, 0.25) is 0 Å². The van der Waals surface area contributed by atoms with Crippen molar-refractivity contribution in [2.75, 3.05) is 14.2 Å². The van der Waals surface area contributed by atoms with Crippen molar-refractivity contribution >= 4 is 0 Å². The quantitative estimate of drug-likeness (QED) is 0.754.